The van der Waals surface area contributed by atoms with E-state index in [1.165, 1.54) is 0 Å². The molecule has 19 heavy (non-hydrogen) atoms. The van der Waals surface area contributed by atoms with Crippen LogP contribution in [0.1, 0.15) is 37.2 Å². The summed E-state index contributed by atoms with van der Waals surface area (Å²) < 4.78 is 8.05. The molecule has 1 aliphatic heterocycles. The van der Waals surface area contributed by atoms with Crippen LogP contribution < -0.4 is 4.74 Å². The van der Waals surface area contributed by atoms with Gasteiger partial charge in [-0.25, -0.2) is 0 Å². The lowest BCUT2D eigenvalue weighted by atomic mass is 9.90. The summed E-state index contributed by atoms with van der Waals surface area (Å²) in [6.07, 6.45) is 3.25. The molecule has 0 aliphatic carbocycles. The third-order valence-electron chi connectivity index (χ3n) is 3.97. The number of Topliss-reactive ketones (excluding diaryl/α,β-unsaturated/α-hetero) is 1. The Morgan fingerprint density at radius 1 is 1.11 bits per heavy atom. The molecule has 1 aliphatic rings. The number of carbonyl (C=O) groups is 1. The minimum Gasteiger partial charge on any atom is -0.477 e. The second-order valence-corrected chi connectivity index (χ2v) is 4.86. The van der Waals surface area contributed by atoms with Crippen molar-refractivity contribution in [3.8, 4) is 11.4 Å². The lowest BCUT2D eigenvalue weighted by molar-refractivity contribution is 0.0421. The van der Waals surface area contributed by atoms with Gasteiger partial charge in [0.1, 0.15) is 5.75 Å². The molecule has 0 radical (unpaired) electrons. The summed E-state index contributed by atoms with van der Waals surface area (Å²) in [5.74, 6) is 0.841. The molecule has 0 spiro atoms. The predicted octanol–water partition coefficient (Wildman–Crippen LogP) is 3.61. The highest BCUT2D eigenvalue weighted by atomic mass is 16.5. The van der Waals surface area contributed by atoms with Gasteiger partial charge in [0.15, 0.2) is 5.60 Å². The first kappa shape index (κ1) is 12.0. The number of carbonyl (C=O) groups excluding carboxylic acids is 1. The third kappa shape index (κ3) is 1.61. The van der Waals surface area contributed by atoms with E-state index < -0.39 is 5.60 Å². The largest absolute Gasteiger partial charge is 0.477 e. The summed E-state index contributed by atoms with van der Waals surface area (Å²) in [5.41, 5.74) is 0.885. The predicted molar refractivity (Wildman–Crippen MR) is 74.0 cm³/mol. The van der Waals surface area contributed by atoms with Crippen molar-refractivity contribution in [1.29, 1.82) is 0 Å². The van der Waals surface area contributed by atoms with Gasteiger partial charge in [-0.1, -0.05) is 26.0 Å². The summed E-state index contributed by atoms with van der Waals surface area (Å²) in [5, 5.41) is 0. The molecule has 0 bridgehead atoms. The van der Waals surface area contributed by atoms with Gasteiger partial charge in [0.25, 0.3) is 0 Å². The number of rotatable bonds is 2. The van der Waals surface area contributed by atoms with Gasteiger partial charge in [0.2, 0.25) is 5.78 Å². The second kappa shape index (κ2) is 4.26. The fraction of sp³-hybridized carbons (Fsp3) is 0.312. The van der Waals surface area contributed by atoms with E-state index in [-0.39, 0.29) is 5.78 Å². The average Bonchev–Trinajstić information content (AvgIpc) is 2.90. The molecular formula is C16H17NO2. The van der Waals surface area contributed by atoms with Crippen LogP contribution in [0.4, 0.5) is 0 Å². The van der Waals surface area contributed by atoms with Gasteiger partial charge >= 0.3 is 0 Å². The van der Waals surface area contributed by atoms with Gasteiger partial charge in [-0.05, 0) is 37.1 Å². The molecule has 0 N–H and O–H groups in total. The highest BCUT2D eigenvalue weighted by Crippen LogP contribution is 2.36. The maximum atomic E-state index is 12.8. The van der Waals surface area contributed by atoms with Gasteiger partial charge in [-0.2, -0.15) is 0 Å². The van der Waals surface area contributed by atoms with Gasteiger partial charge in [0.05, 0.1) is 11.4 Å². The van der Waals surface area contributed by atoms with Crippen molar-refractivity contribution in [1.82, 2.24) is 4.57 Å². The van der Waals surface area contributed by atoms with Crippen molar-refractivity contribution in [2.24, 2.45) is 0 Å². The minimum atomic E-state index is -0.747. The molecule has 98 valence electrons. The third-order valence-corrected chi connectivity index (χ3v) is 3.97. The van der Waals surface area contributed by atoms with Crippen molar-refractivity contribution in [3.05, 3.63) is 48.3 Å². The number of hydrogen-bond acceptors (Lipinski definition) is 2. The van der Waals surface area contributed by atoms with E-state index in [0.717, 1.165) is 11.4 Å². The normalized spacial score (nSPS) is 16.2. The molecule has 3 rings (SSSR count). The molecule has 0 saturated carbocycles. The second-order valence-electron chi connectivity index (χ2n) is 4.86. The zero-order valence-corrected chi connectivity index (χ0v) is 11.2. The van der Waals surface area contributed by atoms with E-state index in [2.05, 4.69) is 0 Å². The Balaban J connectivity index is 2.29. The van der Waals surface area contributed by atoms with E-state index in [9.17, 15) is 4.79 Å². The van der Waals surface area contributed by atoms with Crippen molar-refractivity contribution >= 4 is 5.78 Å². The smallest absolute Gasteiger partial charge is 0.222 e. The molecule has 3 nitrogen and oxygen atoms in total. The van der Waals surface area contributed by atoms with E-state index in [0.29, 0.717) is 18.5 Å². The van der Waals surface area contributed by atoms with Crippen LogP contribution in [0.3, 0.4) is 0 Å². The first-order valence-corrected chi connectivity index (χ1v) is 6.72. The Morgan fingerprint density at radius 2 is 1.84 bits per heavy atom. The summed E-state index contributed by atoms with van der Waals surface area (Å²) in [6, 6.07) is 11.6. The summed E-state index contributed by atoms with van der Waals surface area (Å²) in [6.45, 7) is 4.01. The fourth-order valence-corrected chi connectivity index (χ4v) is 2.72. The van der Waals surface area contributed by atoms with Crippen molar-refractivity contribution in [3.63, 3.8) is 0 Å². The molecular weight excluding hydrogens is 238 g/mol. The standard InChI is InChI=1S/C16H17NO2/c1-3-16(4-2)15(18)13-9-7-11-17(13)12-8-5-6-10-14(12)19-16/h5-11H,3-4H2,1-2H3. The Labute approximate surface area is 112 Å². The Morgan fingerprint density at radius 3 is 2.58 bits per heavy atom. The number of benzene rings is 1. The van der Waals surface area contributed by atoms with E-state index in [1.54, 1.807) is 0 Å². The zero-order valence-electron chi connectivity index (χ0n) is 11.2. The van der Waals surface area contributed by atoms with Crippen LogP contribution in [-0.2, 0) is 0 Å². The Kier molecular flexibility index (Phi) is 2.70. The zero-order chi connectivity index (χ0) is 13.5. The number of para-hydroxylation sites is 2. The number of ketones is 1. The number of hydrogen-bond donors (Lipinski definition) is 0. The lowest BCUT2D eigenvalue weighted by Crippen LogP contribution is -2.43. The van der Waals surface area contributed by atoms with Crippen molar-refractivity contribution in [2.45, 2.75) is 32.3 Å². The molecule has 2 aromatic rings. The van der Waals surface area contributed by atoms with Crippen LogP contribution in [0.25, 0.3) is 5.69 Å². The van der Waals surface area contributed by atoms with E-state index >= 15 is 0 Å². The first-order chi connectivity index (χ1) is 9.22. The molecule has 0 fully saturated rings. The van der Waals surface area contributed by atoms with Crippen molar-refractivity contribution in [2.75, 3.05) is 0 Å². The molecule has 1 aromatic carbocycles. The quantitative estimate of drug-likeness (QED) is 0.820. The summed E-state index contributed by atoms with van der Waals surface area (Å²) in [4.78, 5) is 12.8. The number of ether oxygens (including phenoxy) is 1. The van der Waals surface area contributed by atoms with Gasteiger partial charge in [-0.3, -0.25) is 4.79 Å². The maximum absolute atomic E-state index is 12.8. The minimum absolute atomic E-state index is 0.0682. The van der Waals surface area contributed by atoms with Crippen LogP contribution in [0.5, 0.6) is 5.75 Å². The summed E-state index contributed by atoms with van der Waals surface area (Å²) >= 11 is 0. The molecule has 0 unspecified atom stereocenters. The van der Waals surface area contributed by atoms with E-state index in [4.69, 9.17) is 4.74 Å². The number of aromatic nitrogens is 1. The van der Waals surface area contributed by atoms with Gasteiger partial charge in [-0.15, -0.1) is 0 Å². The molecule has 0 atom stereocenters. The number of fused-ring (bicyclic) bond motifs is 3. The monoisotopic (exact) mass is 255 g/mol. The lowest BCUT2D eigenvalue weighted by Gasteiger charge is -2.29. The molecule has 1 aromatic heterocycles. The number of nitrogens with zero attached hydrogens (tertiary/aromatic N) is 1. The summed E-state index contributed by atoms with van der Waals surface area (Å²) in [7, 11) is 0. The maximum Gasteiger partial charge on any atom is 0.222 e. The highest BCUT2D eigenvalue weighted by molar-refractivity contribution is 6.02. The van der Waals surface area contributed by atoms with Crippen LogP contribution >= 0.6 is 0 Å². The topological polar surface area (TPSA) is 31.2 Å². The Hall–Kier alpha value is -2.03. The van der Waals surface area contributed by atoms with Crippen LogP contribution in [0.15, 0.2) is 42.6 Å². The SMILES string of the molecule is CCC1(CC)Oc2ccccc2-n2cccc2C1=O. The molecule has 0 amide bonds. The van der Waals surface area contributed by atoms with Gasteiger partial charge < -0.3 is 9.30 Å². The molecule has 3 heteroatoms. The average molecular weight is 255 g/mol. The van der Waals surface area contributed by atoms with Crippen LogP contribution in [-0.4, -0.2) is 16.0 Å². The van der Waals surface area contributed by atoms with Crippen molar-refractivity contribution < 1.29 is 9.53 Å². The highest BCUT2D eigenvalue weighted by Gasteiger charge is 2.41. The van der Waals surface area contributed by atoms with E-state index in [1.807, 2.05) is 61.0 Å². The first-order valence-electron chi connectivity index (χ1n) is 6.72. The molecule has 2 heterocycles. The van der Waals surface area contributed by atoms with Gasteiger partial charge in [0, 0.05) is 6.20 Å². The molecule has 0 saturated heterocycles. The Bertz CT molecular complexity index is 623. The van der Waals surface area contributed by atoms with Crippen LogP contribution in [0.2, 0.25) is 0 Å². The fourth-order valence-electron chi connectivity index (χ4n) is 2.72. The van der Waals surface area contributed by atoms with Crippen LogP contribution in [0, 0.1) is 0 Å².